The van der Waals surface area contributed by atoms with E-state index in [1.165, 1.54) is 25.4 Å². The number of anilines is 2. The first-order valence-electron chi connectivity index (χ1n) is 10.8. The van der Waals surface area contributed by atoms with Crippen LogP contribution in [0.1, 0.15) is 28.8 Å². The zero-order chi connectivity index (χ0) is 23.4. The summed E-state index contributed by atoms with van der Waals surface area (Å²) >= 11 is 0. The molecule has 0 saturated carbocycles. The summed E-state index contributed by atoms with van der Waals surface area (Å²) in [5.74, 6) is 0.250. The molecule has 0 bridgehead atoms. The van der Waals surface area contributed by atoms with E-state index in [1.807, 2.05) is 9.80 Å². The Bertz CT molecular complexity index is 974. The van der Waals surface area contributed by atoms with Crippen molar-refractivity contribution in [2.75, 3.05) is 56.2 Å². The summed E-state index contributed by atoms with van der Waals surface area (Å²) in [5, 5.41) is 2.83. The summed E-state index contributed by atoms with van der Waals surface area (Å²) in [5.41, 5.74) is 0.104. The highest BCUT2D eigenvalue weighted by molar-refractivity contribution is 5.96. The fourth-order valence-electron chi connectivity index (χ4n) is 3.97. The number of alkyl halides is 3. The number of benzene rings is 1. The topological polar surface area (TPSA) is 79.8 Å². The Morgan fingerprint density at radius 3 is 2.67 bits per heavy atom. The maximum absolute atomic E-state index is 13.0. The molecule has 1 unspecified atom stereocenters. The summed E-state index contributed by atoms with van der Waals surface area (Å²) < 4.78 is 49.9. The van der Waals surface area contributed by atoms with Crippen LogP contribution in [0.4, 0.5) is 24.8 Å². The van der Waals surface area contributed by atoms with Crippen molar-refractivity contribution in [2.45, 2.75) is 25.1 Å². The number of hydrogen-bond acceptors (Lipinski definition) is 7. The number of rotatable bonds is 6. The molecular weight excluding hydrogens is 439 g/mol. The molecular formula is C22H26F3N5O3. The monoisotopic (exact) mass is 465 g/mol. The largest absolute Gasteiger partial charge is 0.480 e. The molecule has 178 valence electrons. The zero-order valence-electron chi connectivity index (χ0n) is 18.3. The highest BCUT2D eigenvalue weighted by Gasteiger charge is 2.31. The van der Waals surface area contributed by atoms with Gasteiger partial charge in [0.15, 0.2) is 0 Å². The number of aromatic nitrogens is 2. The van der Waals surface area contributed by atoms with Crippen LogP contribution in [0.2, 0.25) is 0 Å². The van der Waals surface area contributed by atoms with Crippen molar-refractivity contribution in [1.82, 2.24) is 15.3 Å². The number of carbonyl (C=O) groups is 1. The van der Waals surface area contributed by atoms with Gasteiger partial charge in [0.2, 0.25) is 11.8 Å². The Morgan fingerprint density at radius 1 is 1.24 bits per heavy atom. The maximum Gasteiger partial charge on any atom is 0.416 e. The molecule has 0 radical (unpaired) electrons. The predicted molar refractivity (Wildman–Crippen MR) is 116 cm³/mol. The van der Waals surface area contributed by atoms with Gasteiger partial charge in [0, 0.05) is 51.2 Å². The molecule has 3 heterocycles. The highest BCUT2D eigenvalue weighted by Crippen LogP contribution is 2.32. The first-order chi connectivity index (χ1) is 15.8. The SMILES string of the molecule is COc1nc(N2CCN(c3cccc(C(F)(F)F)c3)CC2)ncc1C(=O)NCC1CCCO1. The molecule has 11 heteroatoms. The molecule has 2 fully saturated rings. The van der Waals surface area contributed by atoms with E-state index in [-0.39, 0.29) is 23.5 Å². The molecule has 33 heavy (non-hydrogen) atoms. The predicted octanol–water partition coefficient (Wildman–Crippen LogP) is 2.74. The van der Waals surface area contributed by atoms with Crippen LogP contribution < -0.4 is 19.9 Å². The van der Waals surface area contributed by atoms with Gasteiger partial charge in [0.05, 0.1) is 18.8 Å². The Morgan fingerprint density at radius 2 is 2.00 bits per heavy atom. The number of halogens is 3. The number of carbonyl (C=O) groups excluding carboxylic acids is 1. The third kappa shape index (κ3) is 5.47. The third-order valence-electron chi connectivity index (χ3n) is 5.79. The standard InChI is InChI=1S/C22H26F3N5O3/c1-32-20-18(19(31)26-13-17-6-3-11-33-17)14-27-21(28-20)30-9-7-29(8-10-30)16-5-2-4-15(12-16)22(23,24)25/h2,4-5,12,14,17H,3,6-11,13H2,1H3,(H,26,31). The fraction of sp³-hybridized carbons (Fsp3) is 0.500. The number of nitrogens with zero attached hydrogens (tertiary/aromatic N) is 4. The second-order valence-electron chi connectivity index (χ2n) is 7.96. The Balaban J connectivity index is 1.38. The second kappa shape index (κ2) is 9.82. The van der Waals surface area contributed by atoms with Crippen LogP contribution in [0.15, 0.2) is 30.5 Å². The lowest BCUT2D eigenvalue weighted by atomic mass is 10.1. The number of amides is 1. The van der Waals surface area contributed by atoms with E-state index < -0.39 is 11.7 Å². The van der Waals surface area contributed by atoms with Gasteiger partial charge in [-0.05, 0) is 31.0 Å². The molecule has 0 spiro atoms. The van der Waals surface area contributed by atoms with Gasteiger partial charge in [-0.2, -0.15) is 18.2 Å². The number of ether oxygens (including phenoxy) is 2. The molecule has 2 aliphatic rings. The molecule has 4 rings (SSSR count). The third-order valence-corrected chi connectivity index (χ3v) is 5.79. The van der Waals surface area contributed by atoms with Crippen LogP contribution >= 0.6 is 0 Å². The van der Waals surface area contributed by atoms with Gasteiger partial charge in [-0.25, -0.2) is 4.98 Å². The molecule has 0 aliphatic carbocycles. The van der Waals surface area contributed by atoms with E-state index in [0.29, 0.717) is 51.0 Å². The van der Waals surface area contributed by atoms with Crippen LogP contribution in [0.25, 0.3) is 0 Å². The molecule has 8 nitrogen and oxygen atoms in total. The summed E-state index contributed by atoms with van der Waals surface area (Å²) in [4.78, 5) is 25.1. The van der Waals surface area contributed by atoms with Gasteiger partial charge in [0.1, 0.15) is 5.56 Å². The lowest BCUT2D eigenvalue weighted by Crippen LogP contribution is -2.47. The van der Waals surface area contributed by atoms with Crippen LogP contribution in [0, 0.1) is 0 Å². The van der Waals surface area contributed by atoms with Crippen molar-refractivity contribution < 1.29 is 27.4 Å². The van der Waals surface area contributed by atoms with Gasteiger partial charge in [-0.1, -0.05) is 6.07 Å². The van der Waals surface area contributed by atoms with Crippen molar-refractivity contribution in [3.63, 3.8) is 0 Å². The maximum atomic E-state index is 13.0. The molecule has 1 amide bonds. The lowest BCUT2D eigenvalue weighted by molar-refractivity contribution is -0.137. The minimum atomic E-state index is -4.37. The normalized spacial score (nSPS) is 19.0. The smallest absolute Gasteiger partial charge is 0.416 e. The average molecular weight is 465 g/mol. The number of piperazine rings is 1. The Hall–Kier alpha value is -3.08. The minimum Gasteiger partial charge on any atom is -0.480 e. The highest BCUT2D eigenvalue weighted by atomic mass is 19.4. The Kier molecular flexibility index (Phi) is 6.87. The van der Waals surface area contributed by atoms with Crippen LogP contribution in [-0.4, -0.2) is 68.4 Å². The minimum absolute atomic E-state index is 0.0215. The van der Waals surface area contributed by atoms with Gasteiger partial charge in [-0.3, -0.25) is 4.79 Å². The summed E-state index contributed by atoms with van der Waals surface area (Å²) in [7, 11) is 1.44. The van der Waals surface area contributed by atoms with Crippen molar-refractivity contribution >= 4 is 17.5 Å². The molecule has 1 atom stereocenters. The van der Waals surface area contributed by atoms with E-state index in [9.17, 15) is 18.0 Å². The van der Waals surface area contributed by atoms with Crippen LogP contribution in [0.3, 0.4) is 0 Å². The Labute approximate surface area is 189 Å². The molecule has 2 saturated heterocycles. The van der Waals surface area contributed by atoms with Crippen molar-refractivity contribution in [3.8, 4) is 5.88 Å². The number of nitrogens with one attached hydrogen (secondary N) is 1. The fourth-order valence-corrected chi connectivity index (χ4v) is 3.97. The molecule has 1 aromatic heterocycles. The van der Waals surface area contributed by atoms with E-state index in [4.69, 9.17) is 9.47 Å². The molecule has 2 aromatic rings. The first-order valence-corrected chi connectivity index (χ1v) is 10.8. The lowest BCUT2D eigenvalue weighted by Gasteiger charge is -2.36. The van der Waals surface area contributed by atoms with Crippen molar-refractivity contribution in [2.24, 2.45) is 0 Å². The van der Waals surface area contributed by atoms with Gasteiger partial charge >= 0.3 is 6.18 Å². The van der Waals surface area contributed by atoms with E-state index in [0.717, 1.165) is 18.9 Å². The van der Waals surface area contributed by atoms with Crippen LogP contribution in [-0.2, 0) is 10.9 Å². The number of hydrogen-bond donors (Lipinski definition) is 1. The quantitative estimate of drug-likeness (QED) is 0.703. The summed E-state index contributed by atoms with van der Waals surface area (Å²) in [6.45, 7) is 3.19. The van der Waals surface area contributed by atoms with Crippen molar-refractivity contribution in [3.05, 3.63) is 41.6 Å². The molecule has 1 aromatic carbocycles. The van der Waals surface area contributed by atoms with E-state index in [1.54, 1.807) is 6.07 Å². The second-order valence-corrected chi connectivity index (χ2v) is 7.96. The van der Waals surface area contributed by atoms with Crippen molar-refractivity contribution in [1.29, 1.82) is 0 Å². The summed E-state index contributed by atoms with van der Waals surface area (Å²) in [6, 6.07) is 5.33. The van der Waals surface area contributed by atoms with Gasteiger partial charge in [0.25, 0.3) is 5.91 Å². The first kappa shape index (κ1) is 23.1. The van der Waals surface area contributed by atoms with Crippen LogP contribution in [0.5, 0.6) is 5.88 Å². The van der Waals surface area contributed by atoms with E-state index in [2.05, 4.69) is 15.3 Å². The van der Waals surface area contributed by atoms with E-state index >= 15 is 0 Å². The average Bonchev–Trinajstić information content (AvgIpc) is 3.35. The van der Waals surface area contributed by atoms with Gasteiger partial charge in [-0.15, -0.1) is 0 Å². The summed E-state index contributed by atoms with van der Waals surface area (Å²) in [6.07, 6.45) is -1.01. The zero-order valence-corrected chi connectivity index (χ0v) is 18.3. The number of methoxy groups -OCH3 is 1. The molecule has 2 aliphatic heterocycles. The van der Waals surface area contributed by atoms with Gasteiger partial charge < -0.3 is 24.6 Å². The molecule has 1 N–H and O–H groups in total.